The normalized spacial score (nSPS) is 11.8. The van der Waals surface area contributed by atoms with E-state index in [9.17, 15) is 8.42 Å². The van der Waals surface area contributed by atoms with Crippen molar-refractivity contribution in [3.05, 3.63) is 29.0 Å². The molecule has 7 nitrogen and oxygen atoms in total. The summed E-state index contributed by atoms with van der Waals surface area (Å²) in [5.74, 6) is 0. The Hall–Kier alpha value is -1.29. The molecule has 0 aliphatic rings. The van der Waals surface area contributed by atoms with Gasteiger partial charge in [0, 0.05) is 30.4 Å². The lowest BCUT2D eigenvalue weighted by atomic mass is 10.6. The number of hydrogen-bond acceptors (Lipinski definition) is 6. The van der Waals surface area contributed by atoms with Crippen LogP contribution in [-0.4, -0.2) is 29.7 Å². The van der Waals surface area contributed by atoms with E-state index in [0.29, 0.717) is 13.1 Å². The Balaban J connectivity index is 2.05. The molecule has 0 saturated heterocycles. The third kappa shape index (κ3) is 3.13. The van der Waals surface area contributed by atoms with Crippen LogP contribution >= 0.6 is 11.3 Å². The number of aromatic nitrogens is 3. The van der Waals surface area contributed by atoms with Crippen molar-refractivity contribution < 1.29 is 8.42 Å². The Morgan fingerprint density at radius 2 is 2.28 bits per heavy atom. The molecule has 0 aliphatic carbocycles. The summed E-state index contributed by atoms with van der Waals surface area (Å²) in [6, 6.07) is 0. The summed E-state index contributed by atoms with van der Waals surface area (Å²) < 4.78 is 27.9. The fraction of sp³-hybridized carbons (Fsp3) is 0.333. The van der Waals surface area contributed by atoms with Crippen LogP contribution in [0.3, 0.4) is 0 Å². The van der Waals surface area contributed by atoms with E-state index in [1.165, 1.54) is 28.4 Å². The largest absolute Gasteiger partial charge is 0.329 e. The van der Waals surface area contributed by atoms with E-state index in [2.05, 4.69) is 14.8 Å². The minimum Gasteiger partial charge on any atom is -0.329 e. The monoisotopic (exact) mass is 287 g/mol. The molecule has 2 aromatic rings. The maximum absolute atomic E-state index is 11.9. The molecule has 0 saturated carbocycles. The Kier molecular flexibility index (Phi) is 4.07. The van der Waals surface area contributed by atoms with Gasteiger partial charge in [-0.1, -0.05) is 0 Å². The van der Waals surface area contributed by atoms with E-state index in [4.69, 9.17) is 5.73 Å². The second kappa shape index (κ2) is 5.57. The first-order valence-corrected chi connectivity index (χ1v) is 7.57. The predicted molar refractivity (Wildman–Crippen MR) is 67.4 cm³/mol. The number of nitrogens with one attached hydrogen (secondary N) is 1. The highest BCUT2D eigenvalue weighted by Crippen LogP contribution is 2.10. The van der Waals surface area contributed by atoms with Crippen LogP contribution in [0.2, 0.25) is 0 Å². The molecule has 3 N–H and O–H groups in total. The molecule has 0 bridgehead atoms. The molecular weight excluding hydrogens is 274 g/mol. The van der Waals surface area contributed by atoms with E-state index in [1.54, 1.807) is 11.7 Å². The van der Waals surface area contributed by atoms with Crippen molar-refractivity contribution in [3.8, 4) is 0 Å². The van der Waals surface area contributed by atoms with Gasteiger partial charge in [0.05, 0.1) is 18.3 Å². The third-order valence-electron chi connectivity index (χ3n) is 2.20. The van der Waals surface area contributed by atoms with Crippen LogP contribution < -0.4 is 10.5 Å². The lowest BCUT2D eigenvalue weighted by molar-refractivity contribution is 0.580. The van der Waals surface area contributed by atoms with Gasteiger partial charge in [0.2, 0.25) is 10.0 Å². The van der Waals surface area contributed by atoms with Crippen molar-refractivity contribution >= 4 is 21.4 Å². The summed E-state index contributed by atoms with van der Waals surface area (Å²) in [7, 11) is -3.53. The first kappa shape index (κ1) is 13.1. The van der Waals surface area contributed by atoms with E-state index in [0.717, 1.165) is 4.88 Å². The fourth-order valence-electron chi connectivity index (χ4n) is 1.32. The maximum atomic E-state index is 11.9. The summed E-state index contributed by atoms with van der Waals surface area (Å²) >= 11 is 1.40. The SMILES string of the molecule is NCCn1cc(S(=O)(=O)NCc2cncs2)cn1. The topological polar surface area (TPSA) is 103 Å². The number of hydrogen-bond donors (Lipinski definition) is 2. The fourth-order valence-corrected chi connectivity index (χ4v) is 2.90. The molecule has 2 rings (SSSR count). The predicted octanol–water partition coefficient (Wildman–Crippen LogP) is -0.223. The van der Waals surface area contributed by atoms with Gasteiger partial charge in [-0.25, -0.2) is 13.1 Å². The molecule has 98 valence electrons. The zero-order valence-electron chi connectivity index (χ0n) is 9.48. The highest BCUT2D eigenvalue weighted by atomic mass is 32.2. The van der Waals surface area contributed by atoms with Crippen LogP contribution in [0.4, 0.5) is 0 Å². The lowest BCUT2D eigenvalue weighted by Crippen LogP contribution is -2.22. The molecular formula is C9H13N5O2S2. The highest BCUT2D eigenvalue weighted by Gasteiger charge is 2.16. The van der Waals surface area contributed by atoms with Gasteiger partial charge >= 0.3 is 0 Å². The maximum Gasteiger partial charge on any atom is 0.244 e. The van der Waals surface area contributed by atoms with E-state index in [-0.39, 0.29) is 11.4 Å². The molecule has 0 unspecified atom stereocenters. The van der Waals surface area contributed by atoms with Crippen LogP contribution in [0.25, 0.3) is 0 Å². The van der Waals surface area contributed by atoms with Gasteiger partial charge < -0.3 is 5.73 Å². The molecule has 2 aromatic heterocycles. The molecule has 18 heavy (non-hydrogen) atoms. The Morgan fingerprint density at radius 3 is 2.94 bits per heavy atom. The van der Waals surface area contributed by atoms with E-state index < -0.39 is 10.0 Å². The van der Waals surface area contributed by atoms with Crippen molar-refractivity contribution in [3.63, 3.8) is 0 Å². The van der Waals surface area contributed by atoms with Gasteiger partial charge in [-0.05, 0) is 0 Å². The smallest absolute Gasteiger partial charge is 0.244 e. The Labute approximate surface area is 109 Å². The molecule has 0 radical (unpaired) electrons. The average Bonchev–Trinajstić information content (AvgIpc) is 2.98. The average molecular weight is 287 g/mol. The van der Waals surface area contributed by atoms with Crippen molar-refractivity contribution in [2.45, 2.75) is 18.0 Å². The quantitative estimate of drug-likeness (QED) is 0.764. The zero-order chi connectivity index (χ0) is 13.0. The van der Waals surface area contributed by atoms with Gasteiger partial charge in [-0.15, -0.1) is 11.3 Å². The van der Waals surface area contributed by atoms with Crippen LogP contribution in [-0.2, 0) is 23.1 Å². The van der Waals surface area contributed by atoms with E-state index in [1.807, 2.05) is 0 Å². The van der Waals surface area contributed by atoms with Crippen LogP contribution in [0.1, 0.15) is 4.88 Å². The summed E-state index contributed by atoms with van der Waals surface area (Å²) in [6.45, 7) is 1.13. The van der Waals surface area contributed by atoms with Crippen molar-refractivity contribution in [2.24, 2.45) is 5.73 Å². The molecule has 9 heteroatoms. The Morgan fingerprint density at radius 1 is 1.44 bits per heavy atom. The number of nitrogens with two attached hydrogens (primary N) is 1. The summed E-state index contributed by atoms with van der Waals surface area (Å²) in [5.41, 5.74) is 7.03. The van der Waals surface area contributed by atoms with Crippen LogP contribution in [0, 0.1) is 0 Å². The van der Waals surface area contributed by atoms with E-state index >= 15 is 0 Å². The van der Waals surface area contributed by atoms with Crippen LogP contribution in [0.15, 0.2) is 29.0 Å². The lowest BCUT2D eigenvalue weighted by Gasteiger charge is -2.02. The second-order valence-electron chi connectivity index (χ2n) is 3.52. The molecule has 0 atom stereocenters. The first-order valence-electron chi connectivity index (χ1n) is 5.21. The van der Waals surface area contributed by atoms with Gasteiger partial charge in [-0.2, -0.15) is 5.10 Å². The first-order chi connectivity index (χ1) is 8.62. The van der Waals surface area contributed by atoms with Gasteiger partial charge in [0.15, 0.2) is 0 Å². The molecule has 0 amide bonds. The Bertz CT molecular complexity index is 590. The second-order valence-corrected chi connectivity index (χ2v) is 6.26. The molecule has 0 spiro atoms. The van der Waals surface area contributed by atoms with Gasteiger partial charge in [0.25, 0.3) is 0 Å². The number of sulfonamides is 1. The minimum absolute atomic E-state index is 0.139. The zero-order valence-corrected chi connectivity index (χ0v) is 11.1. The summed E-state index contributed by atoms with van der Waals surface area (Å²) in [4.78, 5) is 4.87. The van der Waals surface area contributed by atoms with Crippen molar-refractivity contribution in [1.29, 1.82) is 0 Å². The summed E-state index contributed by atoms with van der Waals surface area (Å²) in [6.07, 6.45) is 4.40. The number of thiazole rings is 1. The third-order valence-corrected chi connectivity index (χ3v) is 4.33. The van der Waals surface area contributed by atoms with Crippen LogP contribution in [0.5, 0.6) is 0 Å². The van der Waals surface area contributed by atoms with Crippen molar-refractivity contribution in [1.82, 2.24) is 19.5 Å². The number of rotatable bonds is 6. The number of nitrogens with zero attached hydrogens (tertiary/aromatic N) is 3. The van der Waals surface area contributed by atoms with Gasteiger partial charge in [-0.3, -0.25) is 9.67 Å². The van der Waals surface area contributed by atoms with Crippen molar-refractivity contribution in [2.75, 3.05) is 6.54 Å². The van der Waals surface area contributed by atoms with Gasteiger partial charge in [0.1, 0.15) is 4.90 Å². The summed E-state index contributed by atoms with van der Waals surface area (Å²) in [5, 5.41) is 3.92. The molecule has 2 heterocycles. The highest BCUT2D eigenvalue weighted by molar-refractivity contribution is 7.89. The molecule has 0 aliphatic heterocycles. The standard InChI is InChI=1S/C9H13N5O2S2/c10-1-2-14-6-9(5-12-14)18(15,16)13-4-8-3-11-7-17-8/h3,5-7,13H,1-2,4,10H2. The molecule has 0 aromatic carbocycles. The minimum atomic E-state index is -3.53. The molecule has 0 fully saturated rings.